The fourth-order valence-electron chi connectivity index (χ4n) is 0.928. The molecule has 0 saturated carbocycles. The van der Waals surface area contributed by atoms with Crippen LogP contribution in [0.1, 0.15) is 0 Å². The number of nitrogens with one attached hydrogen (secondary N) is 1. The van der Waals surface area contributed by atoms with E-state index in [0.717, 1.165) is 0 Å². The lowest BCUT2D eigenvalue weighted by molar-refractivity contribution is 1.14. The quantitative estimate of drug-likeness (QED) is 0.558. The molecule has 11 heavy (non-hydrogen) atoms. The SMILES string of the molecule is O=c1[nH]c2cccnc2n1S. The molecule has 0 bridgehead atoms. The van der Waals surface area contributed by atoms with Gasteiger partial charge in [-0.1, -0.05) is 12.8 Å². The van der Waals surface area contributed by atoms with Crippen molar-refractivity contribution in [2.24, 2.45) is 0 Å². The van der Waals surface area contributed by atoms with Crippen LogP contribution in [0, 0.1) is 0 Å². The van der Waals surface area contributed by atoms with Gasteiger partial charge in [0.15, 0.2) is 5.65 Å². The van der Waals surface area contributed by atoms with Crippen LogP contribution in [0.2, 0.25) is 0 Å². The van der Waals surface area contributed by atoms with Crippen LogP contribution in [0.4, 0.5) is 0 Å². The van der Waals surface area contributed by atoms with Crippen LogP contribution in [0.5, 0.6) is 0 Å². The highest BCUT2D eigenvalue weighted by Gasteiger charge is 2.01. The zero-order chi connectivity index (χ0) is 7.84. The highest BCUT2D eigenvalue weighted by Crippen LogP contribution is 2.04. The fraction of sp³-hybridized carbons (Fsp3) is 0. The Labute approximate surface area is 67.4 Å². The van der Waals surface area contributed by atoms with Crippen LogP contribution in [0.15, 0.2) is 23.1 Å². The number of hydrogen-bond donors (Lipinski definition) is 2. The Morgan fingerprint density at radius 3 is 3.18 bits per heavy atom. The molecule has 0 fully saturated rings. The van der Waals surface area contributed by atoms with Gasteiger partial charge in [-0.05, 0) is 12.1 Å². The van der Waals surface area contributed by atoms with Gasteiger partial charge < -0.3 is 4.98 Å². The van der Waals surface area contributed by atoms with E-state index in [1.54, 1.807) is 18.3 Å². The van der Waals surface area contributed by atoms with Crippen molar-refractivity contribution in [3.8, 4) is 0 Å². The largest absolute Gasteiger partial charge is 0.337 e. The summed E-state index contributed by atoms with van der Waals surface area (Å²) in [5.74, 6) is 0. The smallest absolute Gasteiger partial charge is 0.303 e. The van der Waals surface area contributed by atoms with E-state index < -0.39 is 0 Å². The Morgan fingerprint density at radius 2 is 2.45 bits per heavy atom. The van der Waals surface area contributed by atoms with Gasteiger partial charge in [-0.25, -0.2) is 13.8 Å². The van der Waals surface area contributed by atoms with Gasteiger partial charge in [-0.2, -0.15) is 0 Å². The number of pyridine rings is 1. The van der Waals surface area contributed by atoms with Crippen molar-refractivity contribution in [1.29, 1.82) is 0 Å². The van der Waals surface area contributed by atoms with E-state index in [1.165, 1.54) is 3.97 Å². The summed E-state index contributed by atoms with van der Waals surface area (Å²) in [4.78, 5) is 17.5. The van der Waals surface area contributed by atoms with Gasteiger partial charge in [-0.3, -0.25) is 0 Å². The minimum Gasteiger partial charge on any atom is -0.303 e. The summed E-state index contributed by atoms with van der Waals surface area (Å²) >= 11 is 3.93. The van der Waals surface area contributed by atoms with Crippen molar-refractivity contribution in [2.75, 3.05) is 0 Å². The first-order valence-corrected chi connectivity index (χ1v) is 3.44. The molecular formula is C6H5N3OS. The highest BCUT2D eigenvalue weighted by atomic mass is 32.1. The maximum atomic E-state index is 10.9. The molecule has 0 radical (unpaired) electrons. The second-order valence-corrected chi connectivity index (χ2v) is 2.52. The van der Waals surface area contributed by atoms with Crippen LogP contribution in [-0.2, 0) is 0 Å². The second-order valence-electron chi connectivity index (χ2n) is 2.12. The number of fused-ring (bicyclic) bond motifs is 1. The van der Waals surface area contributed by atoms with E-state index in [9.17, 15) is 4.79 Å². The summed E-state index contributed by atoms with van der Waals surface area (Å²) in [6, 6.07) is 3.53. The fourth-order valence-corrected chi connectivity index (χ4v) is 1.14. The number of aromatic nitrogens is 3. The van der Waals surface area contributed by atoms with Crippen molar-refractivity contribution in [3.05, 3.63) is 28.8 Å². The van der Waals surface area contributed by atoms with Gasteiger partial charge in [0.2, 0.25) is 0 Å². The van der Waals surface area contributed by atoms with Crippen LogP contribution < -0.4 is 5.69 Å². The van der Waals surface area contributed by atoms with Gasteiger partial charge in [-0.15, -0.1) is 0 Å². The molecule has 5 heteroatoms. The third-order valence-electron chi connectivity index (χ3n) is 1.42. The summed E-state index contributed by atoms with van der Waals surface area (Å²) in [5.41, 5.74) is 0.996. The average Bonchev–Trinajstić information content (AvgIpc) is 2.30. The molecule has 4 nitrogen and oxygen atoms in total. The van der Waals surface area contributed by atoms with Crippen LogP contribution >= 0.6 is 12.8 Å². The molecule has 0 spiro atoms. The first-order valence-electron chi connectivity index (χ1n) is 3.04. The van der Waals surface area contributed by atoms with E-state index in [0.29, 0.717) is 11.2 Å². The van der Waals surface area contributed by atoms with Crippen molar-refractivity contribution in [1.82, 2.24) is 13.9 Å². The summed E-state index contributed by atoms with van der Waals surface area (Å²) in [6.07, 6.45) is 1.61. The van der Waals surface area contributed by atoms with E-state index in [4.69, 9.17) is 0 Å². The summed E-state index contributed by atoms with van der Waals surface area (Å²) in [7, 11) is 0. The van der Waals surface area contributed by atoms with E-state index in [1.807, 2.05) is 0 Å². The van der Waals surface area contributed by atoms with E-state index in [-0.39, 0.29) is 5.69 Å². The van der Waals surface area contributed by atoms with Crippen LogP contribution in [0.3, 0.4) is 0 Å². The lowest BCUT2D eigenvalue weighted by atomic mass is 10.4. The molecule has 0 aliphatic carbocycles. The molecule has 0 saturated heterocycles. The maximum absolute atomic E-state index is 10.9. The zero-order valence-corrected chi connectivity index (χ0v) is 6.38. The zero-order valence-electron chi connectivity index (χ0n) is 5.48. The molecule has 2 rings (SSSR count). The molecular weight excluding hydrogens is 162 g/mol. The standard InChI is InChI=1S/C6H5N3OS/c10-6-8-4-2-1-3-7-5(4)9(6)11/h1-3,11H,(H,8,10). The third kappa shape index (κ3) is 0.848. The average molecular weight is 167 g/mol. The predicted molar refractivity (Wildman–Crippen MR) is 44.7 cm³/mol. The molecule has 2 heterocycles. The molecule has 2 aromatic heterocycles. The molecule has 0 amide bonds. The van der Waals surface area contributed by atoms with Crippen LogP contribution in [0.25, 0.3) is 11.2 Å². The molecule has 56 valence electrons. The minimum atomic E-state index is -0.262. The number of rotatable bonds is 0. The lowest BCUT2D eigenvalue weighted by Gasteiger charge is -1.87. The van der Waals surface area contributed by atoms with Gasteiger partial charge in [0.1, 0.15) is 0 Å². The Morgan fingerprint density at radius 1 is 1.64 bits per heavy atom. The number of aromatic amines is 1. The molecule has 0 aliphatic heterocycles. The van der Waals surface area contributed by atoms with Gasteiger partial charge in [0, 0.05) is 6.20 Å². The van der Waals surface area contributed by atoms with E-state index in [2.05, 4.69) is 22.8 Å². The molecule has 0 atom stereocenters. The third-order valence-corrected chi connectivity index (χ3v) is 1.79. The number of hydrogen-bond acceptors (Lipinski definition) is 3. The van der Waals surface area contributed by atoms with Crippen molar-refractivity contribution >= 4 is 24.0 Å². The van der Waals surface area contributed by atoms with Crippen molar-refractivity contribution < 1.29 is 0 Å². The van der Waals surface area contributed by atoms with Crippen molar-refractivity contribution in [2.45, 2.75) is 0 Å². The molecule has 0 aromatic carbocycles. The number of H-pyrrole nitrogens is 1. The van der Waals surface area contributed by atoms with Gasteiger partial charge in [0.25, 0.3) is 0 Å². The summed E-state index contributed by atoms with van der Waals surface area (Å²) < 4.78 is 1.18. The molecule has 0 aliphatic rings. The monoisotopic (exact) mass is 167 g/mol. The first kappa shape index (κ1) is 6.48. The molecule has 0 unspecified atom stereocenters. The highest BCUT2D eigenvalue weighted by molar-refractivity contribution is 7.78. The number of thiol groups is 1. The summed E-state index contributed by atoms with van der Waals surface area (Å²) in [5, 5.41) is 0. The Balaban J connectivity index is 3.04. The first-order chi connectivity index (χ1) is 5.29. The minimum absolute atomic E-state index is 0.262. The molecule has 2 aromatic rings. The van der Waals surface area contributed by atoms with Gasteiger partial charge >= 0.3 is 5.69 Å². The number of nitrogens with zero attached hydrogens (tertiary/aromatic N) is 2. The second kappa shape index (κ2) is 2.13. The normalized spacial score (nSPS) is 10.6. The predicted octanol–water partition coefficient (Wildman–Crippen LogP) is 0.418. The Bertz CT molecular complexity index is 444. The van der Waals surface area contributed by atoms with Gasteiger partial charge in [0.05, 0.1) is 5.52 Å². The van der Waals surface area contributed by atoms with E-state index >= 15 is 0 Å². The van der Waals surface area contributed by atoms with Crippen molar-refractivity contribution in [3.63, 3.8) is 0 Å². The Kier molecular flexibility index (Phi) is 1.25. The molecule has 1 N–H and O–H groups in total. The lowest BCUT2D eigenvalue weighted by Crippen LogP contribution is -2.07. The summed E-state index contributed by atoms with van der Waals surface area (Å²) in [6.45, 7) is 0. The Hall–Kier alpha value is -1.23. The van der Waals surface area contributed by atoms with Crippen LogP contribution in [-0.4, -0.2) is 13.9 Å². The topological polar surface area (TPSA) is 50.7 Å². The maximum Gasteiger partial charge on any atom is 0.337 e. The number of imidazole rings is 1.